The Morgan fingerprint density at radius 3 is 2.79 bits per heavy atom. The molecule has 2 aliphatic carbocycles. The van der Waals surface area contributed by atoms with Gasteiger partial charge in [-0.25, -0.2) is 0 Å². The van der Waals surface area contributed by atoms with Gasteiger partial charge in [0.1, 0.15) is 0 Å². The molecule has 0 spiro atoms. The predicted molar refractivity (Wildman–Crippen MR) is 95.0 cm³/mol. The molecule has 0 bridgehead atoms. The van der Waals surface area contributed by atoms with Gasteiger partial charge in [0.25, 0.3) is 5.91 Å². The first-order valence-electron chi connectivity index (χ1n) is 9.07. The quantitative estimate of drug-likeness (QED) is 0.816. The van der Waals surface area contributed by atoms with Crippen LogP contribution in [0.15, 0.2) is 35.9 Å². The first-order chi connectivity index (χ1) is 11.7. The summed E-state index contributed by atoms with van der Waals surface area (Å²) in [4.78, 5) is 27.7. The average Bonchev–Trinajstić information content (AvgIpc) is 2.94. The Labute approximate surface area is 143 Å². The van der Waals surface area contributed by atoms with Crippen LogP contribution in [0.5, 0.6) is 0 Å². The lowest BCUT2D eigenvalue weighted by Crippen LogP contribution is -2.38. The number of ketones is 1. The molecule has 1 saturated heterocycles. The number of benzene rings is 1. The molecule has 1 aliphatic heterocycles. The number of rotatable bonds is 2. The van der Waals surface area contributed by atoms with E-state index in [0.717, 1.165) is 61.4 Å². The molecule has 0 atom stereocenters. The number of allylic oxidation sites excluding steroid dienone is 4. The Morgan fingerprint density at radius 1 is 1.25 bits per heavy atom. The largest absolute Gasteiger partial charge is 0.339 e. The maximum absolute atomic E-state index is 13.1. The first kappa shape index (κ1) is 15.4. The van der Waals surface area contributed by atoms with Crippen molar-refractivity contribution < 1.29 is 9.59 Å². The molecule has 3 aliphatic rings. The van der Waals surface area contributed by atoms with Gasteiger partial charge in [0, 0.05) is 35.4 Å². The van der Waals surface area contributed by atoms with Crippen molar-refractivity contribution in [2.45, 2.75) is 39.0 Å². The van der Waals surface area contributed by atoms with Gasteiger partial charge in [-0.3, -0.25) is 9.59 Å². The molecule has 1 heterocycles. The Hall–Kier alpha value is -2.16. The lowest BCUT2D eigenvalue weighted by atomic mass is 9.92. The number of piperidine rings is 1. The Kier molecular flexibility index (Phi) is 3.87. The zero-order chi connectivity index (χ0) is 16.7. The van der Waals surface area contributed by atoms with Crippen molar-refractivity contribution in [1.82, 2.24) is 4.90 Å². The number of hydrogen-bond donors (Lipinski definition) is 0. The molecule has 4 rings (SSSR count). The number of fused-ring (bicyclic) bond motifs is 2. The van der Waals surface area contributed by atoms with E-state index in [0.29, 0.717) is 11.1 Å². The highest BCUT2D eigenvalue weighted by molar-refractivity contribution is 6.24. The highest BCUT2D eigenvalue weighted by atomic mass is 16.2. The maximum atomic E-state index is 13.1. The standard InChI is InChI=1S/C21H23NO2/c1-2-14-10-12-22(13-11-14)21(24)18-9-5-8-17-19(18)15-6-3-4-7-16(15)20(17)23/h3,5-6,8-9,14H,2,4,7,10-13H2,1H3. The fourth-order valence-electron chi connectivity index (χ4n) is 4.22. The van der Waals surface area contributed by atoms with Gasteiger partial charge in [-0.15, -0.1) is 0 Å². The molecule has 1 aromatic carbocycles. The summed E-state index contributed by atoms with van der Waals surface area (Å²) in [5.74, 6) is 0.943. The molecule has 0 unspecified atom stereocenters. The van der Waals surface area contributed by atoms with E-state index in [4.69, 9.17) is 0 Å². The zero-order valence-electron chi connectivity index (χ0n) is 14.2. The summed E-state index contributed by atoms with van der Waals surface area (Å²) in [6, 6.07) is 5.60. The normalized spacial score (nSPS) is 20.4. The van der Waals surface area contributed by atoms with Crippen LogP contribution in [0.25, 0.3) is 5.57 Å². The summed E-state index contributed by atoms with van der Waals surface area (Å²) in [5, 5.41) is 0. The van der Waals surface area contributed by atoms with Crippen LogP contribution < -0.4 is 0 Å². The lowest BCUT2D eigenvalue weighted by molar-refractivity contribution is 0.0688. The van der Waals surface area contributed by atoms with Crippen LogP contribution >= 0.6 is 0 Å². The van der Waals surface area contributed by atoms with Gasteiger partial charge in [-0.2, -0.15) is 0 Å². The fraction of sp³-hybridized carbons (Fsp3) is 0.429. The Morgan fingerprint density at radius 2 is 2.04 bits per heavy atom. The van der Waals surface area contributed by atoms with Gasteiger partial charge in [-0.1, -0.05) is 37.6 Å². The van der Waals surface area contributed by atoms with Crippen molar-refractivity contribution in [3.8, 4) is 0 Å². The summed E-state index contributed by atoms with van der Waals surface area (Å²) in [7, 11) is 0. The van der Waals surface area contributed by atoms with Crippen LogP contribution in [0.3, 0.4) is 0 Å². The lowest BCUT2D eigenvalue weighted by Gasteiger charge is -2.32. The zero-order valence-corrected chi connectivity index (χ0v) is 14.2. The summed E-state index contributed by atoms with van der Waals surface area (Å²) in [5.41, 5.74) is 4.15. The van der Waals surface area contributed by atoms with Crippen molar-refractivity contribution in [2.75, 3.05) is 13.1 Å². The Balaban J connectivity index is 1.69. The molecule has 24 heavy (non-hydrogen) atoms. The van der Waals surface area contributed by atoms with Gasteiger partial charge >= 0.3 is 0 Å². The van der Waals surface area contributed by atoms with Gasteiger partial charge < -0.3 is 4.90 Å². The summed E-state index contributed by atoms with van der Waals surface area (Å²) in [6.07, 6.45) is 9.20. The highest BCUT2D eigenvalue weighted by Gasteiger charge is 2.34. The summed E-state index contributed by atoms with van der Waals surface area (Å²) in [6.45, 7) is 3.88. The van der Waals surface area contributed by atoms with Gasteiger partial charge in [0.2, 0.25) is 0 Å². The number of carbonyl (C=O) groups is 2. The van der Waals surface area contributed by atoms with E-state index in [-0.39, 0.29) is 11.7 Å². The van der Waals surface area contributed by atoms with Crippen LogP contribution in [0, 0.1) is 5.92 Å². The van der Waals surface area contributed by atoms with E-state index in [1.807, 2.05) is 29.2 Å². The van der Waals surface area contributed by atoms with Crippen LogP contribution in [-0.4, -0.2) is 29.7 Å². The third-order valence-corrected chi connectivity index (χ3v) is 5.73. The third kappa shape index (κ3) is 2.34. The molecule has 1 amide bonds. The van der Waals surface area contributed by atoms with Gasteiger partial charge in [-0.05, 0) is 43.2 Å². The molecule has 3 heteroatoms. The van der Waals surface area contributed by atoms with Crippen molar-refractivity contribution in [3.05, 3.63) is 52.6 Å². The summed E-state index contributed by atoms with van der Waals surface area (Å²) >= 11 is 0. The van der Waals surface area contributed by atoms with Gasteiger partial charge in [0.15, 0.2) is 5.78 Å². The molecule has 0 N–H and O–H groups in total. The fourth-order valence-corrected chi connectivity index (χ4v) is 4.22. The molecular weight excluding hydrogens is 298 g/mol. The van der Waals surface area contributed by atoms with Crippen molar-refractivity contribution in [1.29, 1.82) is 0 Å². The predicted octanol–water partition coefficient (Wildman–Crippen LogP) is 4.25. The van der Waals surface area contributed by atoms with Crippen LogP contribution in [0.4, 0.5) is 0 Å². The molecule has 124 valence electrons. The smallest absolute Gasteiger partial charge is 0.254 e. The van der Waals surface area contributed by atoms with E-state index in [1.54, 1.807) is 0 Å². The van der Waals surface area contributed by atoms with Crippen LogP contribution in [0.2, 0.25) is 0 Å². The number of carbonyl (C=O) groups excluding carboxylic acids is 2. The molecular formula is C21H23NO2. The molecule has 0 aromatic heterocycles. The SMILES string of the molecule is CCC1CCN(C(=O)c2cccc3c2C2=C(CCC=C2)C3=O)CC1. The molecule has 0 saturated carbocycles. The summed E-state index contributed by atoms with van der Waals surface area (Å²) < 4.78 is 0. The van der Waals surface area contributed by atoms with Crippen LogP contribution in [0.1, 0.15) is 65.3 Å². The van der Waals surface area contributed by atoms with E-state index in [9.17, 15) is 9.59 Å². The molecule has 1 fully saturated rings. The van der Waals surface area contributed by atoms with E-state index < -0.39 is 0 Å². The second-order valence-electron chi connectivity index (χ2n) is 7.03. The van der Waals surface area contributed by atoms with Crippen molar-refractivity contribution >= 4 is 17.3 Å². The molecule has 1 aromatic rings. The van der Waals surface area contributed by atoms with Gasteiger partial charge in [0.05, 0.1) is 0 Å². The Bertz CT molecular complexity index is 764. The van der Waals surface area contributed by atoms with Crippen molar-refractivity contribution in [3.63, 3.8) is 0 Å². The second kappa shape index (κ2) is 6.04. The third-order valence-electron chi connectivity index (χ3n) is 5.73. The number of Topliss-reactive ketones (excluding diaryl/α,β-unsaturated/α-hetero) is 1. The minimum Gasteiger partial charge on any atom is -0.339 e. The highest BCUT2D eigenvalue weighted by Crippen LogP contribution is 2.40. The number of nitrogens with zero attached hydrogens (tertiary/aromatic N) is 1. The topological polar surface area (TPSA) is 37.4 Å². The number of likely N-dealkylation sites (tertiary alicyclic amines) is 1. The number of hydrogen-bond acceptors (Lipinski definition) is 2. The molecule has 0 radical (unpaired) electrons. The van der Waals surface area contributed by atoms with E-state index in [2.05, 4.69) is 13.0 Å². The first-order valence-corrected chi connectivity index (χ1v) is 9.07. The minimum absolute atomic E-state index is 0.0851. The number of amides is 1. The second-order valence-corrected chi connectivity index (χ2v) is 7.03. The maximum Gasteiger partial charge on any atom is 0.254 e. The van der Waals surface area contributed by atoms with E-state index in [1.165, 1.54) is 6.42 Å². The molecule has 3 nitrogen and oxygen atoms in total. The van der Waals surface area contributed by atoms with E-state index >= 15 is 0 Å². The van der Waals surface area contributed by atoms with Crippen molar-refractivity contribution in [2.24, 2.45) is 5.92 Å². The average molecular weight is 321 g/mol. The monoisotopic (exact) mass is 321 g/mol. The van der Waals surface area contributed by atoms with Crippen LogP contribution in [-0.2, 0) is 0 Å². The minimum atomic E-state index is 0.0851.